The Morgan fingerprint density at radius 1 is 1.50 bits per heavy atom. The Kier molecular flexibility index (Phi) is 5.90. The Morgan fingerprint density at radius 3 is 2.80 bits per heavy atom. The van der Waals surface area contributed by atoms with Crippen LogP contribution in [0.3, 0.4) is 0 Å². The van der Waals surface area contributed by atoms with Gasteiger partial charge in [0.05, 0.1) is 0 Å². The van der Waals surface area contributed by atoms with Gasteiger partial charge >= 0.3 is 5.97 Å². The monoisotopic (exact) mass is 276 g/mol. The Labute approximate surface area is 118 Å². The van der Waals surface area contributed by atoms with Crippen molar-refractivity contribution in [2.45, 2.75) is 20.3 Å². The summed E-state index contributed by atoms with van der Waals surface area (Å²) >= 11 is 0. The molecule has 1 heterocycles. The summed E-state index contributed by atoms with van der Waals surface area (Å²) in [5.41, 5.74) is 0.971. The number of carbonyl (C=O) groups excluding carboxylic acids is 1. The van der Waals surface area contributed by atoms with E-state index in [1.807, 2.05) is 0 Å². The predicted molar refractivity (Wildman–Crippen MR) is 77.3 cm³/mol. The minimum atomic E-state index is -1.06. The van der Waals surface area contributed by atoms with E-state index in [0.717, 1.165) is 12.5 Å². The van der Waals surface area contributed by atoms with Crippen LogP contribution in [0.25, 0.3) is 6.08 Å². The third-order valence-electron chi connectivity index (χ3n) is 3.12. The average molecular weight is 276 g/mol. The Balaban J connectivity index is 2.95. The lowest BCUT2D eigenvalue weighted by molar-refractivity contribution is -0.131. The number of carboxylic acids is 1. The second-order valence-electron chi connectivity index (χ2n) is 4.83. The molecule has 0 spiro atoms. The molecule has 1 N–H and O–H groups in total. The zero-order valence-electron chi connectivity index (χ0n) is 12.0. The second kappa shape index (κ2) is 7.43. The van der Waals surface area contributed by atoms with Crippen LogP contribution < -0.4 is 0 Å². The van der Waals surface area contributed by atoms with Crippen molar-refractivity contribution in [2.75, 3.05) is 13.6 Å². The first-order valence-electron chi connectivity index (χ1n) is 6.56. The SMILES string of the molecule is CCC(C)CN(C)C(=O)c1ccncc1C=CC(=O)O. The lowest BCUT2D eigenvalue weighted by atomic mass is 10.1. The smallest absolute Gasteiger partial charge is 0.328 e. The maximum Gasteiger partial charge on any atom is 0.328 e. The van der Waals surface area contributed by atoms with Gasteiger partial charge in [0.25, 0.3) is 5.91 Å². The van der Waals surface area contributed by atoms with Crippen molar-refractivity contribution in [1.29, 1.82) is 0 Å². The van der Waals surface area contributed by atoms with Gasteiger partial charge in [0.2, 0.25) is 0 Å². The van der Waals surface area contributed by atoms with Crippen molar-refractivity contribution in [2.24, 2.45) is 5.92 Å². The van der Waals surface area contributed by atoms with Gasteiger partial charge in [-0.25, -0.2) is 4.79 Å². The number of hydrogen-bond acceptors (Lipinski definition) is 3. The summed E-state index contributed by atoms with van der Waals surface area (Å²) in [7, 11) is 1.75. The fraction of sp³-hybridized carbons (Fsp3) is 0.400. The minimum absolute atomic E-state index is 0.127. The molecule has 0 aliphatic carbocycles. The highest BCUT2D eigenvalue weighted by Crippen LogP contribution is 2.13. The summed E-state index contributed by atoms with van der Waals surface area (Å²) in [5, 5.41) is 8.66. The second-order valence-corrected chi connectivity index (χ2v) is 4.83. The van der Waals surface area contributed by atoms with Gasteiger partial charge in [-0.05, 0) is 18.1 Å². The van der Waals surface area contributed by atoms with Crippen molar-refractivity contribution in [3.05, 3.63) is 35.7 Å². The summed E-state index contributed by atoms with van der Waals surface area (Å²) < 4.78 is 0. The average Bonchev–Trinajstić information content (AvgIpc) is 2.44. The molecule has 0 aromatic carbocycles. The van der Waals surface area contributed by atoms with Crippen molar-refractivity contribution in [3.63, 3.8) is 0 Å². The molecule has 1 unspecified atom stereocenters. The van der Waals surface area contributed by atoms with Gasteiger partial charge in [-0.1, -0.05) is 20.3 Å². The van der Waals surface area contributed by atoms with Gasteiger partial charge in [-0.3, -0.25) is 9.78 Å². The van der Waals surface area contributed by atoms with Gasteiger partial charge in [0.1, 0.15) is 0 Å². The fourth-order valence-corrected chi connectivity index (χ4v) is 1.78. The minimum Gasteiger partial charge on any atom is -0.478 e. The van der Waals surface area contributed by atoms with Crippen LogP contribution in [0.4, 0.5) is 0 Å². The number of aliphatic carboxylic acids is 1. The van der Waals surface area contributed by atoms with E-state index in [1.54, 1.807) is 18.0 Å². The van der Waals surface area contributed by atoms with Crippen LogP contribution in [0.15, 0.2) is 24.5 Å². The molecule has 0 saturated carbocycles. The number of carbonyl (C=O) groups is 2. The van der Waals surface area contributed by atoms with Crippen molar-refractivity contribution >= 4 is 18.0 Å². The number of nitrogens with zero attached hydrogens (tertiary/aromatic N) is 2. The molecule has 0 fully saturated rings. The van der Waals surface area contributed by atoms with Crippen LogP contribution in [0.2, 0.25) is 0 Å². The van der Waals surface area contributed by atoms with Crippen LogP contribution in [0.1, 0.15) is 36.2 Å². The number of rotatable bonds is 6. The van der Waals surface area contributed by atoms with Gasteiger partial charge in [0.15, 0.2) is 0 Å². The number of carboxylic acid groups (broad SMARTS) is 1. The Morgan fingerprint density at radius 2 is 2.20 bits per heavy atom. The molecule has 0 radical (unpaired) electrons. The molecule has 5 heteroatoms. The molecule has 1 rings (SSSR count). The summed E-state index contributed by atoms with van der Waals surface area (Å²) in [6.07, 6.45) is 6.41. The third kappa shape index (κ3) is 4.50. The first-order valence-corrected chi connectivity index (χ1v) is 6.56. The largest absolute Gasteiger partial charge is 0.478 e. The quantitative estimate of drug-likeness (QED) is 0.809. The van der Waals surface area contributed by atoms with Crippen molar-refractivity contribution in [1.82, 2.24) is 9.88 Å². The van der Waals surface area contributed by atoms with Gasteiger partial charge in [-0.2, -0.15) is 0 Å². The van der Waals surface area contributed by atoms with Crippen LogP contribution in [-0.2, 0) is 4.79 Å². The third-order valence-corrected chi connectivity index (χ3v) is 3.12. The van der Waals surface area contributed by atoms with Gasteiger partial charge < -0.3 is 10.0 Å². The van der Waals surface area contributed by atoms with Crippen molar-refractivity contribution in [3.8, 4) is 0 Å². The topological polar surface area (TPSA) is 70.5 Å². The number of aromatic nitrogens is 1. The van der Waals surface area contributed by atoms with E-state index < -0.39 is 5.97 Å². The number of pyridine rings is 1. The molecule has 1 amide bonds. The molecule has 5 nitrogen and oxygen atoms in total. The first kappa shape index (κ1) is 15.9. The van der Waals surface area contributed by atoms with E-state index in [9.17, 15) is 9.59 Å². The highest BCUT2D eigenvalue weighted by molar-refractivity contribution is 5.98. The van der Waals surface area contributed by atoms with Crippen molar-refractivity contribution < 1.29 is 14.7 Å². The predicted octanol–water partition coefficient (Wildman–Crippen LogP) is 2.30. The van der Waals surface area contributed by atoms with Crippen LogP contribution in [0, 0.1) is 5.92 Å². The molecular formula is C15H20N2O3. The molecule has 0 aliphatic heterocycles. The Hall–Kier alpha value is -2.17. The molecule has 0 saturated heterocycles. The molecule has 20 heavy (non-hydrogen) atoms. The molecular weight excluding hydrogens is 256 g/mol. The van der Waals surface area contributed by atoms with Crippen LogP contribution in [0.5, 0.6) is 0 Å². The van der Waals surface area contributed by atoms with E-state index in [-0.39, 0.29) is 5.91 Å². The maximum atomic E-state index is 12.4. The maximum absolute atomic E-state index is 12.4. The van der Waals surface area contributed by atoms with Crippen LogP contribution in [-0.4, -0.2) is 40.5 Å². The van der Waals surface area contributed by atoms with E-state index in [1.165, 1.54) is 18.5 Å². The normalized spacial score (nSPS) is 12.3. The van der Waals surface area contributed by atoms with Gasteiger partial charge in [-0.15, -0.1) is 0 Å². The molecule has 108 valence electrons. The highest BCUT2D eigenvalue weighted by Gasteiger charge is 2.16. The standard InChI is InChI=1S/C15H20N2O3/c1-4-11(2)10-17(3)15(20)13-7-8-16-9-12(13)5-6-14(18)19/h5-9,11H,4,10H2,1-3H3,(H,18,19). The summed E-state index contributed by atoms with van der Waals surface area (Å²) in [4.78, 5) is 28.5. The zero-order valence-corrected chi connectivity index (χ0v) is 12.0. The van der Waals surface area contributed by atoms with E-state index in [4.69, 9.17) is 5.11 Å². The van der Waals surface area contributed by atoms with E-state index in [2.05, 4.69) is 18.8 Å². The first-order chi connectivity index (χ1) is 9.45. The summed E-state index contributed by atoms with van der Waals surface area (Å²) in [5.74, 6) is -0.762. The molecule has 0 aliphatic rings. The van der Waals surface area contributed by atoms with E-state index >= 15 is 0 Å². The molecule has 1 atom stereocenters. The fourth-order valence-electron chi connectivity index (χ4n) is 1.78. The Bertz CT molecular complexity index is 512. The lowest BCUT2D eigenvalue weighted by Crippen LogP contribution is -2.31. The lowest BCUT2D eigenvalue weighted by Gasteiger charge is -2.21. The van der Waals surface area contributed by atoms with Gasteiger partial charge in [0, 0.05) is 43.2 Å². The number of hydrogen-bond donors (Lipinski definition) is 1. The molecule has 1 aromatic rings. The van der Waals surface area contributed by atoms with Crippen LogP contribution >= 0.6 is 0 Å². The highest BCUT2D eigenvalue weighted by atomic mass is 16.4. The molecule has 1 aromatic heterocycles. The summed E-state index contributed by atoms with van der Waals surface area (Å²) in [6, 6.07) is 1.61. The number of amides is 1. The zero-order chi connectivity index (χ0) is 15.1. The van der Waals surface area contributed by atoms with E-state index in [0.29, 0.717) is 23.6 Å². The molecule has 0 bridgehead atoms. The summed E-state index contributed by atoms with van der Waals surface area (Å²) in [6.45, 7) is 4.83.